The molecule has 10 rings (SSSR count). The van der Waals surface area contributed by atoms with Gasteiger partial charge < -0.3 is 58.8 Å². The largest absolute Gasteiger partial charge is 0.362 e. The summed E-state index contributed by atoms with van der Waals surface area (Å²) >= 11 is 0. The number of rotatable bonds is 18. The quantitative estimate of drug-likeness (QED) is 0.0964. The molecule has 4 aromatic rings. The topological polar surface area (TPSA) is 38.9 Å². The van der Waals surface area contributed by atoms with E-state index in [1.165, 1.54) is 66.8 Å². The summed E-state index contributed by atoms with van der Waals surface area (Å²) in [6.45, 7) is 20.7. The fraction of sp³-hybridized carbons (Fsp3) is 0.368. The van der Waals surface area contributed by atoms with Crippen molar-refractivity contribution in [3.63, 3.8) is 0 Å². The maximum Gasteiger partial charge on any atom is 0.0900 e. The monoisotopic (exact) mass is 925 g/mol. The molecule has 0 bridgehead atoms. The van der Waals surface area contributed by atoms with Crippen molar-refractivity contribution in [2.75, 3.05) is 61.2 Å². The van der Waals surface area contributed by atoms with Gasteiger partial charge in [-0.25, -0.2) is 0 Å². The van der Waals surface area contributed by atoms with Crippen LogP contribution in [0.2, 0.25) is 0 Å². The SMILES string of the molecule is Cc1c(CN2C=CN(Cc3ccc(CN4C=CN(C)C4)cc3)C2)c(C)c(CN2C=CN(Cc3ccc(CN4C=CN(C)C4)cc3)C2)c(C)c1CN1C=CN(Cc2ccc(CN3C=CN(C)C3)cc2)C1. The molecule has 4 aromatic carbocycles. The van der Waals surface area contributed by atoms with Crippen LogP contribution in [0.15, 0.2) is 147 Å². The highest BCUT2D eigenvalue weighted by Gasteiger charge is 2.25. The molecule has 0 aromatic heterocycles. The van der Waals surface area contributed by atoms with Gasteiger partial charge in [-0.3, -0.25) is 0 Å². The summed E-state index contributed by atoms with van der Waals surface area (Å²) in [6.07, 6.45) is 26.7. The van der Waals surface area contributed by atoms with Crippen molar-refractivity contribution >= 4 is 0 Å². The molecular weight excluding hydrogens is 853 g/mol. The van der Waals surface area contributed by atoms with Crippen LogP contribution in [-0.2, 0) is 58.9 Å². The van der Waals surface area contributed by atoms with Gasteiger partial charge in [-0.05, 0) is 87.5 Å². The minimum absolute atomic E-state index is 0.874. The average Bonchev–Trinajstić information content (AvgIpc) is 4.23. The standard InChI is InChI=1S/C57H72N12/c1-46-55(37-67-28-25-64(43-67)34-52-13-7-49(8-14-52)31-61-22-19-58(4)40-61)47(2)57(39-69-30-27-66(45-69)36-54-17-11-51(12-18-54)33-63-24-21-60(6)42-63)48(3)56(46)38-68-29-26-65(44-68)35-53-15-9-50(10-16-53)32-62-23-20-59(5)41-62/h7-30H,31-45H2,1-6H3. The molecule has 12 nitrogen and oxygen atoms in total. The van der Waals surface area contributed by atoms with Gasteiger partial charge in [0, 0.05) is 154 Å². The van der Waals surface area contributed by atoms with E-state index in [-0.39, 0.29) is 0 Å². The zero-order chi connectivity index (χ0) is 47.4. The molecular formula is C57H72N12. The summed E-state index contributed by atoms with van der Waals surface area (Å²) in [6, 6.07) is 27.6. The van der Waals surface area contributed by atoms with E-state index < -0.39 is 0 Å². The molecule has 360 valence electrons. The second-order valence-electron chi connectivity index (χ2n) is 20.4. The third-order valence-corrected chi connectivity index (χ3v) is 14.5. The molecule has 0 amide bonds. The van der Waals surface area contributed by atoms with E-state index in [1.807, 2.05) is 0 Å². The Hall–Kier alpha value is -7.08. The summed E-state index contributed by atoms with van der Waals surface area (Å²) in [5.74, 6) is 0. The molecule has 0 saturated heterocycles. The minimum Gasteiger partial charge on any atom is -0.362 e. The van der Waals surface area contributed by atoms with Crippen molar-refractivity contribution in [2.45, 2.75) is 79.7 Å². The summed E-state index contributed by atoms with van der Waals surface area (Å²) in [7, 11) is 6.36. The lowest BCUT2D eigenvalue weighted by Crippen LogP contribution is -2.28. The third-order valence-electron chi connectivity index (χ3n) is 14.5. The van der Waals surface area contributed by atoms with Crippen LogP contribution in [0, 0.1) is 20.8 Å². The molecule has 0 radical (unpaired) electrons. The Morgan fingerprint density at radius 1 is 0.246 bits per heavy atom. The van der Waals surface area contributed by atoms with Crippen LogP contribution in [0.4, 0.5) is 0 Å². The molecule has 0 N–H and O–H groups in total. The van der Waals surface area contributed by atoms with Gasteiger partial charge in [0.05, 0.1) is 40.0 Å². The van der Waals surface area contributed by atoms with Crippen LogP contribution in [0.25, 0.3) is 0 Å². The average molecular weight is 925 g/mol. The van der Waals surface area contributed by atoms with Crippen LogP contribution in [-0.4, -0.2) is 120 Å². The van der Waals surface area contributed by atoms with E-state index in [2.05, 4.69) is 248 Å². The molecule has 69 heavy (non-hydrogen) atoms. The Bertz CT molecular complexity index is 2290. The van der Waals surface area contributed by atoms with Gasteiger partial charge in [-0.2, -0.15) is 0 Å². The van der Waals surface area contributed by atoms with Crippen LogP contribution in [0.5, 0.6) is 0 Å². The fourth-order valence-electron chi connectivity index (χ4n) is 10.6. The van der Waals surface area contributed by atoms with Gasteiger partial charge >= 0.3 is 0 Å². The van der Waals surface area contributed by atoms with Gasteiger partial charge in [0.1, 0.15) is 0 Å². The van der Waals surface area contributed by atoms with E-state index >= 15 is 0 Å². The van der Waals surface area contributed by atoms with Crippen molar-refractivity contribution in [3.05, 3.63) is 214 Å². The second-order valence-corrected chi connectivity index (χ2v) is 20.4. The fourth-order valence-corrected chi connectivity index (χ4v) is 10.6. The van der Waals surface area contributed by atoms with Gasteiger partial charge in [-0.15, -0.1) is 0 Å². The molecule has 6 heterocycles. The number of nitrogens with zero attached hydrogens (tertiary/aromatic N) is 12. The molecule has 6 aliphatic rings. The summed E-state index contributed by atoms with van der Waals surface area (Å²) in [5, 5.41) is 0. The van der Waals surface area contributed by atoms with Gasteiger partial charge in [0.15, 0.2) is 0 Å². The number of benzene rings is 4. The van der Waals surface area contributed by atoms with Crippen molar-refractivity contribution in [3.8, 4) is 0 Å². The van der Waals surface area contributed by atoms with E-state index in [0.29, 0.717) is 0 Å². The molecule has 0 fully saturated rings. The lowest BCUT2D eigenvalue weighted by Gasteiger charge is -2.30. The minimum atomic E-state index is 0.874. The Kier molecular flexibility index (Phi) is 13.4. The zero-order valence-electron chi connectivity index (χ0n) is 41.8. The summed E-state index contributed by atoms with van der Waals surface area (Å²) < 4.78 is 0. The summed E-state index contributed by atoms with van der Waals surface area (Å²) in [5.41, 5.74) is 16.7. The lowest BCUT2D eigenvalue weighted by atomic mass is 9.87. The third kappa shape index (κ3) is 11.3. The highest BCUT2D eigenvalue weighted by Crippen LogP contribution is 2.33. The van der Waals surface area contributed by atoms with Gasteiger partial charge in [0.25, 0.3) is 0 Å². The first kappa shape index (κ1) is 45.7. The van der Waals surface area contributed by atoms with Crippen molar-refractivity contribution < 1.29 is 0 Å². The van der Waals surface area contributed by atoms with Crippen LogP contribution >= 0.6 is 0 Å². The van der Waals surface area contributed by atoms with Crippen LogP contribution in [0.3, 0.4) is 0 Å². The molecule has 0 spiro atoms. The highest BCUT2D eigenvalue weighted by molar-refractivity contribution is 5.51. The first-order chi connectivity index (χ1) is 33.5. The zero-order valence-corrected chi connectivity index (χ0v) is 41.8. The van der Waals surface area contributed by atoms with Crippen LogP contribution in [0.1, 0.15) is 66.8 Å². The smallest absolute Gasteiger partial charge is 0.0900 e. The number of hydrogen-bond donors (Lipinski definition) is 0. The predicted octanol–water partition coefficient (Wildman–Crippen LogP) is 8.38. The Morgan fingerprint density at radius 3 is 0.609 bits per heavy atom. The molecule has 0 atom stereocenters. The molecule has 6 aliphatic heterocycles. The van der Waals surface area contributed by atoms with Crippen molar-refractivity contribution in [1.82, 2.24) is 58.8 Å². The Morgan fingerprint density at radius 2 is 0.420 bits per heavy atom. The Balaban J connectivity index is 0.800. The maximum atomic E-state index is 2.49. The molecule has 0 aliphatic carbocycles. The molecule has 0 unspecified atom stereocenters. The van der Waals surface area contributed by atoms with Crippen molar-refractivity contribution in [2.24, 2.45) is 0 Å². The molecule has 0 saturated carbocycles. The summed E-state index contributed by atoms with van der Waals surface area (Å²) in [4.78, 5) is 28.5. The normalized spacial score (nSPS) is 17.5. The second kappa shape index (κ2) is 20.3. The van der Waals surface area contributed by atoms with Crippen LogP contribution < -0.4 is 0 Å². The van der Waals surface area contributed by atoms with E-state index in [9.17, 15) is 0 Å². The predicted molar refractivity (Wildman–Crippen MR) is 277 cm³/mol. The Labute approximate surface area is 412 Å². The first-order valence-electron chi connectivity index (χ1n) is 24.7. The maximum absolute atomic E-state index is 2.49. The molecule has 12 heteroatoms. The van der Waals surface area contributed by atoms with E-state index in [0.717, 1.165) is 98.9 Å². The number of hydrogen-bond acceptors (Lipinski definition) is 12. The van der Waals surface area contributed by atoms with Gasteiger partial charge in [0.2, 0.25) is 0 Å². The first-order valence-corrected chi connectivity index (χ1v) is 24.7. The van der Waals surface area contributed by atoms with E-state index in [1.54, 1.807) is 0 Å². The van der Waals surface area contributed by atoms with E-state index in [4.69, 9.17) is 0 Å². The van der Waals surface area contributed by atoms with Crippen molar-refractivity contribution in [1.29, 1.82) is 0 Å². The van der Waals surface area contributed by atoms with Gasteiger partial charge in [-0.1, -0.05) is 72.8 Å². The lowest BCUT2D eigenvalue weighted by molar-refractivity contribution is 0.248. The highest BCUT2D eigenvalue weighted by atomic mass is 15.4.